The zero-order chi connectivity index (χ0) is 47.7. The first-order valence-electron chi connectivity index (χ1n) is 22.3. The Morgan fingerprint density at radius 1 is 0.714 bits per heavy atom. The summed E-state index contributed by atoms with van der Waals surface area (Å²) in [7, 11) is 7.13. The van der Waals surface area contributed by atoms with Gasteiger partial charge in [0.2, 0.25) is 47.3 Å². The van der Waals surface area contributed by atoms with E-state index in [2.05, 4.69) is 10.6 Å². The van der Waals surface area contributed by atoms with Gasteiger partial charge in [0, 0.05) is 54.7 Å². The van der Waals surface area contributed by atoms with Gasteiger partial charge in [0.05, 0.1) is 12.5 Å². The van der Waals surface area contributed by atoms with Crippen LogP contribution < -0.4 is 10.6 Å². The smallest absolute Gasteiger partial charge is 0.248 e. The molecule has 63 heavy (non-hydrogen) atoms. The van der Waals surface area contributed by atoms with Gasteiger partial charge in [0.1, 0.15) is 41.8 Å². The summed E-state index contributed by atoms with van der Waals surface area (Å²) in [6.45, 7) is 14.2. The third kappa shape index (κ3) is 12.8. The summed E-state index contributed by atoms with van der Waals surface area (Å²) >= 11 is 0. The topological polar surface area (TPSA) is 200 Å². The number of carbonyl (C=O) groups is 8. The highest BCUT2D eigenvalue weighted by Gasteiger charge is 2.46. The lowest BCUT2D eigenvalue weighted by atomic mass is 9.87. The first kappa shape index (κ1) is 52.3. The van der Waals surface area contributed by atoms with Gasteiger partial charge >= 0.3 is 0 Å². The van der Waals surface area contributed by atoms with E-state index in [9.17, 15) is 43.5 Å². The number of carbonyl (C=O) groups excluding carboxylic acids is 8. The quantitative estimate of drug-likeness (QED) is 0.348. The van der Waals surface area contributed by atoms with E-state index in [4.69, 9.17) is 0 Å². The van der Waals surface area contributed by atoms with E-state index in [-0.39, 0.29) is 31.1 Å². The second kappa shape index (κ2) is 22.5. The Bertz CT molecular complexity index is 1800. The highest BCUT2D eigenvalue weighted by molar-refractivity contribution is 6.00. The fourth-order valence-corrected chi connectivity index (χ4v) is 8.41. The van der Waals surface area contributed by atoms with E-state index >= 15 is 0 Å². The zero-order valence-corrected chi connectivity index (χ0v) is 39.8. The Hall–Kier alpha value is -5.06. The fraction of sp³-hybridized carbons (Fsp3) is 0.696. The molecule has 2 aliphatic rings. The molecule has 1 aromatic carbocycles. The van der Waals surface area contributed by atoms with Crippen LogP contribution in [0.4, 0.5) is 0 Å². The van der Waals surface area contributed by atoms with Crippen molar-refractivity contribution in [1.82, 2.24) is 40.0 Å². The lowest BCUT2D eigenvalue weighted by Gasteiger charge is -2.42. The Kier molecular flexibility index (Phi) is 18.7. The molecule has 2 aliphatic heterocycles. The van der Waals surface area contributed by atoms with Crippen LogP contribution in [0.3, 0.4) is 0 Å². The molecule has 0 bridgehead atoms. The molecule has 0 aliphatic carbocycles. The van der Waals surface area contributed by atoms with Crippen LogP contribution in [0.2, 0.25) is 0 Å². The van der Waals surface area contributed by atoms with E-state index in [1.165, 1.54) is 75.6 Å². The zero-order valence-electron chi connectivity index (χ0n) is 39.8. The van der Waals surface area contributed by atoms with Crippen molar-refractivity contribution in [3.8, 4) is 0 Å². The molecule has 0 unspecified atom stereocenters. The predicted octanol–water partition coefficient (Wildman–Crippen LogP) is 1.65. The number of likely N-dealkylation sites (N-methyl/N-ethyl adjacent to an activating group) is 5. The molecule has 2 saturated heterocycles. The van der Waals surface area contributed by atoms with E-state index in [1.54, 1.807) is 24.0 Å². The minimum Gasteiger partial charge on any atom is -0.391 e. The number of amides is 8. The normalized spacial score (nSPS) is 28.0. The molecule has 3 rings (SSSR count). The molecule has 17 nitrogen and oxygen atoms in total. The molecule has 2 heterocycles. The summed E-state index contributed by atoms with van der Waals surface area (Å²) in [4.78, 5) is 123. The second-order valence-electron chi connectivity index (χ2n) is 18.7. The number of benzene rings is 1. The minimum absolute atomic E-state index is 0.0557. The van der Waals surface area contributed by atoms with Gasteiger partial charge in [0.25, 0.3) is 0 Å². The summed E-state index contributed by atoms with van der Waals surface area (Å²) in [6.07, 6.45) is 0.849. The molecule has 0 aromatic heterocycles. The average Bonchev–Trinajstić information content (AvgIpc) is 3.25. The van der Waals surface area contributed by atoms with Crippen molar-refractivity contribution in [3.05, 3.63) is 35.9 Å². The van der Waals surface area contributed by atoms with Crippen LogP contribution in [-0.4, -0.2) is 178 Å². The Labute approximate surface area is 374 Å². The molecule has 0 spiro atoms. The van der Waals surface area contributed by atoms with Crippen LogP contribution in [-0.2, 0) is 44.8 Å². The number of nitrogens with zero attached hydrogens (tertiary/aromatic N) is 6. The first-order chi connectivity index (χ1) is 29.3. The van der Waals surface area contributed by atoms with E-state index in [1.807, 2.05) is 45.9 Å². The lowest BCUT2D eigenvalue weighted by molar-refractivity contribution is -0.155. The maximum absolute atomic E-state index is 14.7. The molecule has 352 valence electrons. The Morgan fingerprint density at radius 3 is 1.81 bits per heavy atom. The largest absolute Gasteiger partial charge is 0.391 e. The van der Waals surface area contributed by atoms with Crippen LogP contribution in [0.5, 0.6) is 0 Å². The SMILES string of the molecule is CC(C)C[C@H]1C(=O)N[C@@H]([C@@H](C)O)C(=O)N(C)[C@@H](C)C(=O)N(C)[C@@](C)(CC(C)C)C(=O)N[C@H](C(=O)N2CCCCC2)CC(=O)N(C)[C@@H](C)C(=O)N(C)[C@@H](Cc2ccccc2)C(=O)N1C. The maximum Gasteiger partial charge on any atom is 0.248 e. The van der Waals surface area contributed by atoms with Gasteiger partial charge < -0.3 is 45.1 Å². The van der Waals surface area contributed by atoms with Crippen LogP contribution in [0.25, 0.3) is 0 Å². The van der Waals surface area contributed by atoms with Gasteiger partial charge in [-0.05, 0) is 77.2 Å². The summed E-state index contributed by atoms with van der Waals surface area (Å²) in [5, 5.41) is 16.4. The van der Waals surface area contributed by atoms with E-state index in [0.717, 1.165) is 29.7 Å². The molecule has 0 saturated carbocycles. The third-order valence-electron chi connectivity index (χ3n) is 12.9. The molecule has 3 N–H and O–H groups in total. The van der Waals surface area contributed by atoms with Gasteiger partial charge in [0.15, 0.2) is 0 Å². The monoisotopic (exact) mass is 883 g/mol. The predicted molar refractivity (Wildman–Crippen MR) is 238 cm³/mol. The van der Waals surface area contributed by atoms with Crippen LogP contribution >= 0.6 is 0 Å². The van der Waals surface area contributed by atoms with E-state index in [0.29, 0.717) is 13.1 Å². The third-order valence-corrected chi connectivity index (χ3v) is 12.9. The number of hydrogen-bond donors (Lipinski definition) is 3. The van der Waals surface area contributed by atoms with Gasteiger partial charge in [-0.3, -0.25) is 38.4 Å². The lowest BCUT2D eigenvalue weighted by Crippen LogP contribution is -2.65. The molecule has 17 heteroatoms. The molecule has 0 radical (unpaired) electrons. The molecule has 2 fully saturated rings. The van der Waals surface area contributed by atoms with Crippen molar-refractivity contribution in [1.29, 1.82) is 0 Å². The molecular weight excluding hydrogens is 809 g/mol. The number of piperidine rings is 1. The van der Waals surface area contributed by atoms with Crippen LogP contribution in [0.15, 0.2) is 30.3 Å². The average molecular weight is 883 g/mol. The summed E-state index contributed by atoms with van der Waals surface area (Å²) in [5.74, 6) is -5.37. The van der Waals surface area contributed by atoms with Gasteiger partial charge in [-0.1, -0.05) is 58.0 Å². The summed E-state index contributed by atoms with van der Waals surface area (Å²) < 4.78 is 0. The number of rotatable bonds is 8. The number of aliphatic hydroxyl groups excluding tert-OH is 1. The van der Waals surface area contributed by atoms with Gasteiger partial charge in [-0.25, -0.2) is 0 Å². The number of hydrogen-bond acceptors (Lipinski definition) is 9. The second-order valence-corrected chi connectivity index (χ2v) is 18.7. The molecule has 1 aromatic rings. The molecule has 8 amide bonds. The maximum atomic E-state index is 14.7. The van der Waals surface area contributed by atoms with Crippen molar-refractivity contribution in [2.24, 2.45) is 11.8 Å². The van der Waals surface area contributed by atoms with Crippen LogP contribution in [0, 0.1) is 11.8 Å². The van der Waals surface area contributed by atoms with Crippen LogP contribution in [0.1, 0.15) is 99.5 Å². The Morgan fingerprint density at radius 2 is 1.27 bits per heavy atom. The van der Waals surface area contributed by atoms with Crippen molar-refractivity contribution < 1.29 is 43.5 Å². The van der Waals surface area contributed by atoms with Gasteiger partial charge in [-0.15, -0.1) is 0 Å². The molecular formula is C46H74N8O9. The Balaban J connectivity index is 2.25. The number of likely N-dealkylation sites (tertiary alicyclic amines) is 1. The number of nitrogens with one attached hydrogen (secondary N) is 2. The first-order valence-corrected chi connectivity index (χ1v) is 22.3. The minimum atomic E-state index is -1.59. The number of aliphatic hydroxyl groups is 1. The molecule has 8 atom stereocenters. The van der Waals surface area contributed by atoms with E-state index < -0.39 is 102 Å². The highest BCUT2D eigenvalue weighted by Crippen LogP contribution is 2.27. The van der Waals surface area contributed by atoms with Crippen molar-refractivity contribution >= 4 is 47.3 Å². The highest BCUT2D eigenvalue weighted by atomic mass is 16.3. The fourth-order valence-electron chi connectivity index (χ4n) is 8.41. The summed E-state index contributed by atoms with van der Waals surface area (Å²) in [6, 6.07) is 1.48. The van der Waals surface area contributed by atoms with Crippen molar-refractivity contribution in [2.45, 2.75) is 148 Å². The summed E-state index contributed by atoms with van der Waals surface area (Å²) in [5.41, 5.74) is -0.863. The standard InChI is InChI=1S/C46H74N8O9/c1-28(2)24-35-39(57)48-38(32(7)55)44(62)50(10)31(6)41(59)53(13)46(8,27-29(3)4)45(63)47-34(42(60)54-22-18-15-19-23-54)26-37(56)49(9)30(5)40(58)52(12)36(43(61)51(35)11)25-33-20-16-14-17-21-33/h14,16-17,20-21,28-32,34-36,38,55H,15,18-19,22-27H2,1-13H3,(H,47,63)(H,48,57)/t30-,31-,32+,34-,35-,36-,38-,46-/m0/s1. The van der Waals surface area contributed by atoms with Gasteiger partial charge in [-0.2, -0.15) is 0 Å². The van der Waals surface area contributed by atoms with Crippen molar-refractivity contribution in [2.75, 3.05) is 48.3 Å². The van der Waals surface area contributed by atoms with Crippen molar-refractivity contribution in [3.63, 3.8) is 0 Å².